The highest BCUT2D eigenvalue weighted by Crippen LogP contribution is 2.35. The fourth-order valence-corrected chi connectivity index (χ4v) is 7.94. The van der Waals surface area contributed by atoms with Crippen LogP contribution in [0.15, 0.2) is 42.6 Å². The predicted molar refractivity (Wildman–Crippen MR) is 226 cm³/mol. The van der Waals surface area contributed by atoms with Gasteiger partial charge >= 0.3 is 0 Å². The molecule has 7 heterocycles. The number of benzene rings is 1. The van der Waals surface area contributed by atoms with Crippen LogP contribution in [0.5, 0.6) is 5.75 Å². The van der Waals surface area contributed by atoms with E-state index in [0.29, 0.717) is 76.7 Å². The van der Waals surface area contributed by atoms with Crippen molar-refractivity contribution < 1.29 is 23.9 Å². The molecular weight excluding hydrogens is 785 g/mol. The van der Waals surface area contributed by atoms with Crippen molar-refractivity contribution in [3.63, 3.8) is 0 Å². The van der Waals surface area contributed by atoms with Gasteiger partial charge in [-0.05, 0) is 52.0 Å². The van der Waals surface area contributed by atoms with Crippen molar-refractivity contribution in [2.24, 2.45) is 16.9 Å². The van der Waals surface area contributed by atoms with E-state index in [2.05, 4.69) is 41.0 Å². The van der Waals surface area contributed by atoms with Crippen molar-refractivity contribution >= 4 is 63.4 Å². The topological polar surface area (TPSA) is 279 Å². The largest absolute Gasteiger partial charge is 0.490 e. The second kappa shape index (κ2) is 16.1. The first-order valence-electron chi connectivity index (χ1n) is 20.0. The number of hydrogen-bond acceptors (Lipinski definition) is 13. The number of allylic oxidation sites excluding steroid dienone is 2. The predicted octanol–water partition coefficient (Wildman–Crippen LogP) is 1.66. The Morgan fingerprint density at radius 3 is 2.18 bits per heavy atom. The number of ether oxygens (including phenoxy) is 1. The molecule has 318 valence electrons. The van der Waals surface area contributed by atoms with Crippen LogP contribution in [0.4, 0.5) is 17.6 Å². The molecule has 0 radical (unpaired) electrons. The molecule has 0 aliphatic carbocycles. The zero-order valence-corrected chi connectivity index (χ0v) is 34.4. The summed E-state index contributed by atoms with van der Waals surface area (Å²) >= 11 is 0. The number of nitrogens with two attached hydrogens (primary N) is 3. The minimum absolute atomic E-state index is 0.139. The van der Waals surface area contributed by atoms with Crippen LogP contribution < -0.4 is 37.9 Å². The van der Waals surface area contributed by atoms with Gasteiger partial charge in [0.2, 0.25) is 23.7 Å². The second-order valence-corrected chi connectivity index (χ2v) is 15.4. The van der Waals surface area contributed by atoms with E-state index in [-0.39, 0.29) is 47.5 Å². The quantitative estimate of drug-likeness (QED) is 0.0758. The Kier molecular flexibility index (Phi) is 10.8. The third kappa shape index (κ3) is 7.75. The monoisotopic (exact) mass is 832 g/mol. The number of aromatic nitrogens is 9. The smallest absolute Gasteiger partial charge is 0.278 e. The first kappa shape index (κ1) is 40.6. The van der Waals surface area contributed by atoms with Crippen molar-refractivity contribution in [1.29, 1.82) is 0 Å². The summed E-state index contributed by atoms with van der Waals surface area (Å²) in [5, 5.41) is 17.9. The normalized spacial score (nSPS) is 14.8. The maximum atomic E-state index is 13.8. The number of hydrogen-bond donors (Lipinski definition) is 6. The van der Waals surface area contributed by atoms with E-state index in [1.165, 1.54) is 16.9 Å². The third-order valence-corrected chi connectivity index (χ3v) is 11.1. The number of rotatable bonds is 16. The molecule has 6 aromatic rings. The Balaban J connectivity index is 1.12. The first-order valence-corrected chi connectivity index (χ1v) is 20.0. The number of amides is 4. The van der Waals surface area contributed by atoms with Crippen LogP contribution in [0.3, 0.4) is 0 Å². The fourth-order valence-electron chi connectivity index (χ4n) is 7.94. The van der Waals surface area contributed by atoms with E-state index in [1.807, 2.05) is 32.9 Å². The van der Waals surface area contributed by atoms with Crippen LogP contribution >= 0.6 is 0 Å². The van der Waals surface area contributed by atoms with Crippen molar-refractivity contribution in [2.75, 3.05) is 55.7 Å². The molecule has 2 aliphatic heterocycles. The molecule has 0 saturated carbocycles. The van der Waals surface area contributed by atoms with Gasteiger partial charge < -0.3 is 31.8 Å². The average molecular weight is 833 g/mol. The molecule has 1 aromatic carbocycles. The van der Waals surface area contributed by atoms with E-state index in [1.54, 1.807) is 38.9 Å². The minimum Gasteiger partial charge on any atom is -0.490 e. The minimum atomic E-state index is -0.680. The zero-order valence-electron chi connectivity index (χ0n) is 34.4. The number of pyridine rings is 1. The summed E-state index contributed by atoms with van der Waals surface area (Å²) in [5.41, 5.74) is 21.9. The van der Waals surface area contributed by atoms with Crippen molar-refractivity contribution in [1.82, 2.24) is 53.9 Å². The van der Waals surface area contributed by atoms with Gasteiger partial charge in [-0.3, -0.25) is 48.6 Å². The molecule has 0 unspecified atom stereocenters. The Morgan fingerprint density at radius 1 is 0.852 bits per heavy atom. The number of likely N-dealkylation sites (tertiary alicyclic amines) is 1. The molecule has 0 bridgehead atoms. The number of nitrogens with zero attached hydrogens (tertiary/aromatic N) is 10. The van der Waals surface area contributed by atoms with Crippen molar-refractivity contribution in [3.05, 3.63) is 76.5 Å². The highest BCUT2D eigenvalue weighted by Gasteiger charge is 2.47. The molecule has 2 saturated heterocycles. The Hall–Kier alpha value is -7.13. The number of primary amides is 2. The van der Waals surface area contributed by atoms with Crippen molar-refractivity contribution in [3.8, 4) is 5.75 Å². The number of fused-ring (bicyclic) bond motifs is 2. The lowest BCUT2D eigenvalue weighted by Gasteiger charge is -2.56. The molecule has 4 amide bonds. The summed E-state index contributed by atoms with van der Waals surface area (Å²) in [6, 6.07) is 6.36. The van der Waals surface area contributed by atoms with Gasteiger partial charge in [0.05, 0.1) is 28.2 Å². The SMILES string of the molecule is CCn1nc(C)cc1C(=O)Nc1nc2cc(C(N)=O)cc(OCCN3CC4(CNC4)C3)c2n1C/C=C/Cn1c(NC(=O)c2c(N)c(C)nn2CC)nc2cc(C(N)=O)cnc21. The molecule has 2 fully saturated rings. The zero-order chi connectivity index (χ0) is 43.2. The van der Waals surface area contributed by atoms with Crippen LogP contribution in [0.25, 0.3) is 22.2 Å². The first-order chi connectivity index (χ1) is 29.3. The number of carbonyl (C=O) groups excluding carboxylic acids is 4. The number of imidazole rings is 2. The van der Waals surface area contributed by atoms with Crippen LogP contribution in [0.2, 0.25) is 0 Å². The molecule has 21 nitrogen and oxygen atoms in total. The lowest BCUT2D eigenvalue weighted by Crippen LogP contribution is -2.71. The molecule has 9 N–H and O–H groups in total. The van der Waals surface area contributed by atoms with Gasteiger partial charge in [-0.1, -0.05) is 12.2 Å². The van der Waals surface area contributed by atoms with Crippen LogP contribution in [-0.4, -0.2) is 112 Å². The van der Waals surface area contributed by atoms with Gasteiger partial charge in [0.25, 0.3) is 11.8 Å². The highest BCUT2D eigenvalue weighted by atomic mass is 16.5. The lowest BCUT2D eigenvalue weighted by molar-refractivity contribution is -0.0440. The highest BCUT2D eigenvalue weighted by molar-refractivity contribution is 6.07. The molecular formula is C40H48N16O5. The summed E-state index contributed by atoms with van der Waals surface area (Å²) in [4.78, 5) is 68.2. The fraction of sp³-hybridized carbons (Fsp3) is 0.375. The number of nitrogens with one attached hydrogen (secondary N) is 3. The van der Waals surface area contributed by atoms with Gasteiger partial charge in [0.15, 0.2) is 5.65 Å². The van der Waals surface area contributed by atoms with Gasteiger partial charge in [0.1, 0.15) is 34.8 Å². The van der Waals surface area contributed by atoms with Gasteiger partial charge in [-0.15, -0.1) is 0 Å². The van der Waals surface area contributed by atoms with Crippen LogP contribution in [0.1, 0.15) is 66.9 Å². The van der Waals surface area contributed by atoms with Crippen molar-refractivity contribution in [2.45, 2.75) is 53.9 Å². The summed E-state index contributed by atoms with van der Waals surface area (Å²) < 4.78 is 13.0. The van der Waals surface area contributed by atoms with Crippen LogP contribution in [0, 0.1) is 19.3 Å². The molecule has 61 heavy (non-hydrogen) atoms. The summed E-state index contributed by atoms with van der Waals surface area (Å²) in [7, 11) is 0. The number of nitrogen functional groups attached to an aromatic ring is 1. The molecule has 0 atom stereocenters. The van der Waals surface area contributed by atoms with Gasteiger partial charge in [0, 0.05) is 76.1 Å². The van der Waals surface area contributed by atoms with E-state index in [9.17, 15) is 19.2 Å². The maximum Gasteiger partial charge on any atom is 0.278 e. The maximum absolute atomic E-state index is 13.8. The lowest BCUT2D eigenvalue weighted by atomic mass is 9.74. The average Bonchev–Trinajstić information content (AvgIpc) is 3.93. The number of carbonyl (C=O) groups is 4. The second-order valence-electron chi connectivity index (χ2n) is 15.4. The van der Waals surface area contributed by atoms with Crippen LogP contribution in [-0.2, 0) is 26.2 Å². The molecule has 5 aromatic heterocycles. The Labute approximate surface area is 349 Å². The Bertz CT molecular complexity index is 2740. The number of anilines is 3. The summed E-state index contributed by atoms with van der Waals surface area (Å²) in [6.45, 7) is 13.5. The Morgan fingerprint density at radius 2 is 1.51 bits per heavy atom. The standard InChI is InChI=1S/C40H48N16O5/c1-5-55-28(13-22(3)50-55)36(59)48-38-46-26-14-24(33(42)57)16-29(61-12-11-52-20-40(21-52)18-44-19-40)31(26)53(38)9-7-8-10-54-35-27(15-25(17-45-35)34(43)58)47-39(54)49-37(60)32-30(41)23(4)51-56(32)6-2/h7-8,13-17,44H,5-6,9-12,18-21,41H2,1-4H3,(H2,42,57)(H2,43,58)(H,46,48,59)(H,47,49,60)/b8-7+. The third-order valence-electron chi connectivity index (χ3n) is 11.1. The van der Waals surface area contributed by atoms with E-state index >= 15 is 0 Å². The molecule has 1 spiro atoms. The van der Waals surface area contributed by atoms with Gasteiger partial charge in [-0.25, -0.2) is 15.0 Å². The summed E-state index contributed by atoms with van der Waals surface area (Å²) in [6.07, 6.45) is 5.02. The summed E-state index contributed by atoms with van der Waals surface area (Å²) in [5.74, 6) is -1.58. The van der Waals surface area contributed by atoms with E-state index in [4.69, 9.17) is 26.9 Å². The number of aryl methyl sites for hydroxylation is 4. The van der Waals surface area contributed by atoms with E-state index < -0.39 is 23.6 Å². The molecule has 8 rings (SSSR count). The molecule has 21 heteroatoms. The van der Waals surface area contributed by atoms with E-state index in [0.717, 1.165) is 26.2 Å². The van der Waals surface area contributed by atoms with Gasteiger partial charge in [-0.2, -0.15) is 10.2 Å². The molecule has 2 aliphatic rings.